The number of aliphatic imine (C=N–C) groups is 1. The predicted octanol–water partition coefficient (Wildman–Crippen LogP) is 1.83. The van der Waals surface area contributed by atoms with Crippen LogP contribution in [0.2, 0.25) is 0 Å². The highest BCUT2D eigenvalue weighted by Gasteiger charge is 2.21. The van der Waals surface area contributed by atoms with Crippen molar-refractivity contribution in [1.82, 2.24) is 26.3 Å². The second kappa shape index (κ2) is 11.6. The number of nitrogens with two attached hydrogens (primary N) is 1. The van der Waals surface area contributed by atoms with Gasteiger partial charge in [-0.2, -0.15) is 0 Å². The minimum absolute atomic E-state index is 0.211. The van der Waals surface area contributed by atoms with E-state index in [1.54, 1.807) is 18.3 Å². The fourth-order valence-corrected chi connectivity index (χ4v) is 3.57. The SMILES string of the molecule is COC1N=C(NC(=O)NCCc2nc3ccccc3o2)NC=C1c1ccc(CNCCN)c(F)c1. The highest BCUT2D eigenvalue weighted by Crippen LogP contribution is 2.25. The number of ether oxygens (including phenoxy) is 1. The topological polar surface area (TPSA) is 139 Å². The van der Waals surface area contributed by atoms with Crippen molar-refractivity contribution in [2.24, 2.45) is 10.7 Å². The summed E-state index contributed by atoms with van der Waals surface area (Å²) in [6.45, 7) is 1.81. The molecule has 0 aliphatic carbocycles. The Kier molecular flexibility index (Phi) is 8.03. The standard InChI is InChI=1S/C24H28FN7O3/c1-34-22-17(15-6-7-16(18(25)12-15)13-27-11-9-26)14-29-23(31-22)32-24(33)28-10-8-21-30-19-4-2-3-5-20(19)35-21/h2-7,12,14,22,27H,8-11,13,26H2,1H3,(H3,28,29,31,32,33). The molecule has 1 aliphatic heterocycles. The lowest BCUT2D eigenvalue weighted by molar-refractivity contribution is 0.154. The summed E-state index contributed by atoms with van der Waals surface area (Å²) in [5, 5.41) is 11.4. The molecule has 4 rings (SSSR count). The van der Waals surface area contributed by atoms with E-state index in [2.05, 4.69) is 31.2 Å². The number of urea groups is 1. The van der Waals surface area contributed by atoms with Crippen LogP contribution in [0.1, 0.15) is 17.0 Å². The summed E-state index contributed by atoms with van der Waals surface area (Å²) in [6.07, 6.45) is 1.36. The van der Waals surface area contributed by atoms with Crippen LogP contribution < -0.4 is 27.0 Å². The van der Waals surface area contributed by atoms with Crippen molar-refractivity contribution in [3.8, 4) is 0 Å². The summed E-state index contributed by atoms with van der Waals surface area (Å²) < 4.78 is 25.6. The molecule has 1 aromatic heterocycles. The van der Waals surface area contributed by atoms with E-state index in [-0.39, 0.29) is 11.8 Å². The highest BCUT2D eigenvalue weighted by atomic mass is 19.1. The van der Waals surface area contributed by atoms with Gasteiger partial charge in [0.05, 0.1) is 0 Å². The number of aromatic nitrogens is 1. The number of oxazole rings is 1. The third-order valence-corrected chi connectivity index (χ3v) is 5.32. The van der Waals surface area contributed by atoms with E-state index in [0.29, 0.717) is 60.8 Å². The van der Waals surface area contributed by atoms with Crippen LogP contribution in [0.3, 0.4) is 0 Å². The van der Waals surface area contributed by atoms with Crippen LogP contribution in [-0.4, -0.2) is 49.9 Å². The number of methoxy groups -OCH3 is 1. The summed E-state index contributed by atoms with van der Waals surface area (Å²) in [6, 6.07) is 12.0. The molecule has 0 radical (unpaired) electrons. The molecule has 35 heavy (non-hydrogen) atoms. The van der Waals surface area contributed by atoms with Crippen molar-refractivity contribution >= 4 is 28.7 Å². The summed E-state index contributed by atoms with van der Waals surface area (Å²) in [5.74, 6) is 0.414. The molecule has 0 saturated heterocycles. The highest BCUT2D eigenvalue weighted by molar-refractivity contribution is 5.98. The third-order valence-electron chi connectivity index (χ3n) is 5.32. The first-order valence-corrected chi connectivity index (χ1v) is 11.2. The second-order valence-corrected chi connectivity index (χ2v) is 7.79. The quantitative estimate of drug-likeness (QED) is 0.294. The molecule has 2 heterocycles. The lowest BCUT2D eigenvalue weighted by atomic mass is 10.0. The maximum Gasteiger partial charge on any atom is 0.321 e. The van der Waals surface area contributed by atoms with Crippen LogP contribution >= 0.6 is 0 Å². The number of halogens is 1. The summed E-state index contributed by atoms with van der Waals surface area (Å²) in [4.78, 5) is 21.0. The summed E-state index contributed by atoms with van der Waals surface area (Å²) in [7, 11) is 1.49. The van der Waals surface area contributed by atoms with Gasteiger partial charge in [0.1, 0.15) is 11.3 Å². The fraction of sp³-hybridized carbons (Fsp3) is 0.292. The number of hydrogen-bond acceptors (Lipinski definition) is 8. The Balaban J connectivity index is 1.30. The molecule has 1 aliphatic rings. The fourth-order valence-electron chi connectivity index (χ4n) is 3.57. The number of fused-ring (bicyclic) bond motifs is 1. The van der Waals surface area contributed by atoms with Crippen LogP contribution in [0.4, 0.5) is 9.18 Å². The Bertz CT molecular complexity index is 1210. The second-order valence-electron chi connectivity index (χ2n) is 7.79. The van der Waals surface area contributed by atoms with Gasteiger partial charge in [-0.3, -0.25) is 5.32 Å². The van der Waals surface area contributed by atoms with E-state index in [0.717, 1.165) is 5.52 Å². The van der Waals surface area contributed by atoms with Crippen molar-refractivity contribution in [1.29, 1.82) is 0 Å². The third kappa shape index (κ3) is 6.21. The minimum atomic E-state index is -0.716. The van der Waals surface area contributed by atoms with Crippen LogP contribution in [0.15, 0.2) is 58.1 Å². The normalized spacial score (nSPS) is 15.3. The number of nitrogens with one attached hydrogen (secondary N) is 4. The molecule has 0 bridgehead atoms. The molecule has 10 nitrogen and oxygen atoms in total. The number of amides is 2. The first-order valence-electron chi connectivity index (χ1n) is 11.2. The molecule has 0 spiro atoms. The van der Waals surface area contributed by atoms with Gasteiger partial charge < -0.3 is 30.8 Å². The van der Waals surface area contributed by atoms with Gasteiger partial charge in [0.15, 0.2) is 17.7 Å². The van der Waals surface area contributed by atoms with Crippen molar-refractivity contribution in [2.75, 3.05) is 26.7 Å². The molecule has 184 valence electrons. The molecular formula is C24H28FN7O3. The van der Waals surface area contributed by atoms with Gasteiger partial charge in [-0.15, -0.1) is 0 Å². The molecule has 0 fully saturated rings. The van der Waals surface area contributed by atoms with E-state index in [4.69, 9.17) is 14.9 Å². The zero-order valence-corrected chi connectivity index (χ0v) is 19.3. The van der Waals surface area contributed by atoms with Gasteiger partial charge in [-0.05, 0) is 23.8 Å². The van der Waals surface area contributed by atoms with Gasteiger partial charge in [0.2, 0.25) is 5.96 Å². The van der Waals surface area contributed by atoms with Crippen LogP contribution in [-0.2, 0) is 17.7 Å². The first-order chi connectivity index (χ1) is 17.1. The lowest BCUT2D eigenvalue weighted by Gasteiger charge is -2.23. The van der Waals surface area contributed by atoms with E-state index < -0.39 is 12.3 Å². The Hall–Kier alpha value is -3.80. The van der Waals surface area contributed by atoms with Crippen LogP contribution in [0.5, 0.6) is 0 Å². The molecule has 1 atom stereocenters. The van der Waals surface area contributed by atoms with Crippen molar-refractivity contribution in [3.63, 3.8) is 0 Å². The molecule has 11 heteroatoms. The van der Waals surface area contributed by atoms with Crippen LogP contribution in [0, 0.1) is 5.82 Å². The molecule has 1 unspecified atom stereocenters. The number of guanidine groups is 1. The van der Waals surface area contributed by atoms with Crippen molar-refractivity contribution in [2.45, 2.75) is 19.2 Å². The Morgan fingerprint density at radius 1 is 1.26 bits per heavy atom. The Morgan fingerprint density at radius 2 is 2.11 bits per heavy atom. The number of carbonyl (C=O) groups excluding carboxylic acids is 1. The largest absolute Gasteiger partial charge is 0.441 e. The monoisotopic (exact) mass is 481 g/mol. The van der Waals surface area contributed by atoms with Gasteiger partial charge in [-0.1, -0.05) is 24.3 Å². The maximum atomic E-state index is 14.5. The zero-order valence-electron chi connectivity index (χ0n) is 19.3. The number of carbonyl (C=O) groups is 1. The smallest absolute Gasteiger partial charge is 0.321 e. The summed E-state index contributed by atoms with van der Waals surface area (Å²) >= 11 is 0. The molecular weight excluding hydrogens is 453 g/mol. The number of rotatable bonds is 9. The Labute approximate surface area is 201 Å². The predicted molar refractivity (Wildman–Crippen MR) is 131 cm³/mol. The van der Waals surface area contributed by atoms with Gasteiger partial charge in [0.25, 0.3) is 0 Å². The number of benzene rings is 2. The van der Waals surface area contributed by atoms with E-state index in [1.165, 1.54) is 13.2 Å². The number of nitrogens with zero attached hydrogens (tertiary/aromatic N) is 2. The average Bonchev–Trinajstić information content (AvgIpc) is 3.28. The summed E-state index contributed by atoms with van der Waals surface area (Å²) in [5.41, 5.74) is 8.73. The number of hydrogen-bond donors (Lipinski definition) is 5. The molecule has 2 aromatic carbocycles. The van der Waals surface area contributed by atoms with E-state index >= 15 is 0 Å². The van der Waals surface area contributed by atoms with E-state index in [1.807, 2.05) is 24.3 Å². The molecule has 2 amide bonds. The maximum absolute atomic E-state index is 14.5. The van der Waals surface area contributed by atoms with Crippen molar-refractivity contribution < 1.29 is 18.3 Å². The average molecular weight is 482 g/mol. The molecule has 3 aromatic rings. The van der Waals surface area contributed by atoms with Crippen LogP contribution in [0.25, 0.3) is 16.7 Å². The molecule has 0 saturated carbocycles. The van der Waals surface area contributed by atoms with Gasteiger partial charge in [-0.25, -0.2) is 19.2 Å². The van der Waals surface area contributed by atoms with Gasteiger partial charge in [0, 0.05) is 57.0 Å². The Morgan fingerprint density at radius 3 is 2.89 bits per heavy atom. The molecule has 6 N–H and O–H groups in total. The lowest BCUT2D eigenvalue weighted by Crippen LogP contribution is -2.47. The number of para-hydroxylation sites is 2. The zero-order chi connectivity index (χ0) is 24.6. The van der Waals surface area contributed by atoms with Gasteiger partial charge >= 0.3 is 6.03 Å². The van der Waals surface area contributed by atoms with E-state index in [9.17, 15) is 9.18 Å². The minimum Gasteiger partial charge on any atom is -0.441 e. The first kappa shape index (κ1) is 24.3. The van der Waals surface area contributed by atoms with Crippen molar-refractivity contribution in [3.05, 3.63) is 71.5 Å².